The number of esters is 2. The first-order valence-electron chi connectivity index (χ1n) is 4.29. The van der Waals surface area contributed by atoms with E-state index in [2.05, 4.69) is 16.5 Å². The van der Waals surface area contributed by atoms with Crippen LogP contribution >= 0.6 is 0 Å². The van der Waals surface area contributed by atoms with Crippen molar-refractivity contribution in [2.45, 2.75) is 12.8 Å². The van der Waals surface area contributed by atoms with Crippen LogP contribution in [0.5, 0.6) is 0 Å². The topological polar surface area (TPSA) is 55.8 Å². The summed E-state index contributed by atoms with van der Waals surface area (Å²) in [6.45, 7) is 0.952. The van der Waals surface area contributed by atoms with E-state index >= 15 is 0 Å². The molecule has 0 aromatic rings. The largest absolute Gasteiger partial charge is 0.469 e. The van der Waals surface area contributed by atoms with E-state index in [0.29, 0.717) is 13.1 Å². The van der Waals surface area contributed by atoms with Gasteiger partial charge in [0, 0.05) is 32.7 Å². The van der Waals surface area contributed by atoms with E-state index in [1.807, 2.05) is 0 Å². The zero-order chi connectivity index (χ0) is 11.0. The Morgan fingerprint density at radius 2 is 1.40 bits per heavy atom. The van der Waals surface area contributed by atoms with Crippen LogP contribution in [-0.4, -0.2) is 44.1 Å². The molecule has 0 amide bonds. The summed E-state index contributed by atoms with van der Waals surface area (Å²) in [5, 5.41) is 0. The monoisotopic (exact) mass is 291 g/mol. The van der Waals surface area contributed by atoms with E-state index < -0.39 is 0 Å². The van der Waals surface area contributed by atoms with Crippen molar-refractivity contribution in [2.75, 3.05) is 27.3 Å². The van der Waals surface area contributed by atoms with Gasteiger partial charge in [-0.25, -0.2) is 0 Å². The standard InChI is InChI=1S/C9H16NO4.Y/c1-10(6-4-8(11)13-2)7-5-9(12)14-3;/h1,4-7H2,2-3H3;/q-1;. The Kier molecular flexibility index (Phi) is 12.2. The van der Waals surface area contributed by atoms with Gasteiger partial charge < -0.3 is 14.4 Å². The van der Waals surface area contributed by atoms with E-state index in [1.165, 1.54) is 14.2 Å². The Bertz CT molecular complexity index is 179. The first-order valence-corrected chi connectivity index (χ1v) is 4.29. The van der Waals surface area contributed by atoms with Crippen LogP contribution in [0.15, 0.2) is 0 Å². The summed E-state index contributed by atoms with van der Waals surface area (Å²) in [6.07, 6.45) is 0.558. The second kappa shape index (κ2) is 10.5. The van der Waals surface area contributed by atoms with Crippen molar-refractivity contribution in [2.24, 2.45) is 0 Å². The molecule has 0 aliphatic carbocycles. The Morgan fingerprint density at radius 3 is 1.67 bits per heavy atom. The Morgan fingerprint density at radius 1 is 1.07 bits per heavy atom. The maximum atomic E-state index is 10.7. The third-order valence-electron chi connectivity index (χ3n) is 1.72. The predicted octanol–water partition coefficient (Wildman–Crippen LogP) is 0.204. The average molecular weight is 291 g/mol. The number of rotatable bonds is 6. The Labute approximate surface area is 115 Å². The minimum atomic E-state index is -0.281. The van der Waals surface area contributed by atoms with Gasteiger partial charge >= 0.3 is 11.9 Å². The first kappa shape index (κ1) is 17.4. The Balaban J connectivity index is 0. The van der Waals surface area contributed by atoms with E-state index in [1.54, 1.807) is 4.90 Å². The van der Waals surface area contributed by atoms with Gasteiger partial charge in [0.1, 0.15) is 0 Å². The molecule has 5 nitrogen and oxygen atoms in total. The molecule has 0 rings (SSSR count). The number of hydrogen-bond acceptors (Lipinski definition) is 5. The molecule has 0 aliphatic heterocycles. The van der Waals surface area contributed by atoms with Crippen LogP contribution in [0.25, 0.3) is 0 Å². The molecule has 15 heavy (non-hydrogen) atoms. The number of methoxy groups -OCH3 is 2. The third-order valence-corrected chi connectivity index (χ3v) is 1.72. The predicted molar refractivity (Wildman–Crippen MR) is 50.2 cm³/mol. The van der Waals surface area contributed by atoms with Crippen LogP contribution in [0.1, 0.15) is 12.8 Å². The summed E-state index contributed by atoms with van der Waals surface area (Å²) in [6, 6.07) is 0. The molecule has 0 bridgehead atoms. The molecule has 0 spiro atoms. The molecule has 0 atom stereocenters. The maximum absolute atomic E-state index is 10.7. The van der Waals surface area contributed by atoms with Gasteiger partial charge in [-0.05, 0) is 13.1 Å². The van der Waals surface area contributed by atoms with Gasteiger partial charge in [-0.2, -0.15) is 0 Å². The number of carbonyl (C=O) groups excluding carboxylic acids is 2. The van der Waals surface area contributed by atoms with Crippen LogP contribution in [0.3, 0.4) is 0 Å². The minimum absolute atomic E-state index is 0. The molecular weight excluding hydrogens is 275 g/mol. The number of nitrogens with zero attached hydrogens (tertiary/aromatic N) is 1. The summed E-state index contributed by atoms with van der Waals surface area (Å²) >= 11 is 0. The van der Waals surface area contributed by atoms with Gasteiger partial charge in [-0.3, -0.25) is 16.6 Å². The second-order valence-corrected chi connectivity index (χ2v) is 2.77. The second-order valence-electron chi connectivity index (χ2n) is 2.77. The van der Waals surface area contributed by atoms with Crippen LogP contribution < -0.4 is 0 Å². The quantitative estimate of drug-likeness (QED) is 0.517. The van der Waals surface area contributed by atoms with Crippen LogP contribution in [-0.2, 0) is 51.8 Å². The summed E-state index contributed by atoms with van der Waals surface area (Å²) in [4.78, 5) is 23.1. The van der Waals surface area contributed by atoms with Crippen molar-refractivity contribution in [1.29, 1.82) is 0 Å². The van der Waals surface area contributed by atoms with Gasteiger partial charge in [-0.1, -0.05) is 0 Å². The van der Waals surface area contributed by atoms with E-state index in [9.17, 15) is 9.59 Å². The molecule has 0 unspecified atom stereocenters. The van der Waals surface area contributed by atoms with Crippen molar-refractivity contribution in [1.82, 2.24) is 4.90 Å². The molecule has 0 heterocycles. The SMILES string of the molecule is [CH2-]N(CCC(=O)OC)CCC(=O)OC.[Y]. The zero-order valence-corrected chi connectivity index (χ0v) is 12.0. The van der Waals surface area contributed by atoms with Crippen molar-refractivity contribution in [3.63, 3.8) is 0 Å². The molecule has 0 N–H and O–H groups in total. The minimum Gasteiger partial charge on any atom is -0.469 e. The van der Waals surface area contributed by atoms with Gasteiger partial charge in [0.2, 0.25) is 0 Å². The number of hydrogen-bond donors (Lipinski definition) is 0. The van der Waals surface area contributed by atoms with E-state index in [-0.39, 0.29) is 57.5 Å². The average Bonchev–Trinajstić information content (AvgIpc) is 2.22. The third kappa shape index (κ3) is 10.3. The first-order chi connectivity index (χ1) is 6.60. The van der Waals surface area contributed by atoms with Crippen molar-refractivity contribution < 1.29 is 51.8 Å². The fourth-order valence-electron chi connectivity index (χ4n) is 0.815. The van der Waals surface area contributed by atoms with Crippen molar-refractivity contribution in [3.8, 4) is 0 Å². The van der Waals surface area contributed by atoms with Crippen LogP contribution in [0, 0.1) is 7.05 Å². The maximum Gasteiger partial charge on any atom is 0.306 e. The summed E-state index contributed by atoms with van der Waals surface area (Å²) < 4.78 is 8.92. The fourth-order valence-corrected chi connectivity index (χ4v) is 0.815. The molecule has 0 saturated heterocycles. The normalized spacial score (nSPS) is 9.33. The van der Waals surface area contributed by atoms with E-state index in [4.69, 9.17) is 0 Å². The van der Waals surface area contributed by atoms with Gasteiger partial charge in [0.05, 0.1) is 27.1 Å². The van der Waals surface area contributed by atoms with E-state index in [0.717, 1.165) is 0 Å². The van der Waals surface area contributed by atoms with Crippen molar-refractivity contribution >= 4 is 11.9 Å². The Hall–Kier alpha value is 0.00390. The van der Waals surface area contributed by atoms with Crippen LogP contribution in [0.2, 0.25) is 0 Å². The molecule has 85 valence electrons. The summed E-state index contributed by atoms with van der Waals surface area (Å²) in [5.74, 6) is -0.562. The summed E-state index contributed by atoms with van der Waals surface area (Å²) in [7, 11) is 6.34. The van der Waals surface area contributed by atoms with Gasteiger partial charge in [0.25, 0.3) is 0 Å². The molecule has 1 radical (unpaired) electrons. The zero-order valence-electron chi connectivity index (χ0n) is 9.19. The summed E-state index contributed by atoms with van der Waals surface area (Å²) in [5.41, 5.74) is 0. The molecule has 0 aliphatic rings. The molecule has 0 saturated carbocycles. The molecule has 0 aromatic heterocycles. The molecule has 6 heteroatoms. The van der Waals surface area contributed by atoms with Crippen molar-refractivity contribution in [3.05, 3.63) is 7.05 Å². The van der Waals surface area contributed by atoms with Crippen LogP contribution in [0.4, 0.5) is 0 Å². The molecule has 0 fully saturated rings. The number of ether oxygens (including phenoxy) is 2. The smallest absolute Gasteiger partial charge is 0.306 e. The molecule has 0 aromatic carbocycles. The molecular formula is C9H16NO4Y-. The fraction of sp³-hybridized carbons (Fsp3) is 0.667. The van der Waals surface area contributed by atoms with Gasteiger partial charge in [-0.15, -0.1) is 0 Å². The number of carbonyl (C=O) groups is 2. The van der Waals surface area contributed by atoms with Gasteiger partial charge in [0.15, 0.2) is 0 Å².